The number of carbonyl (C=O) groups excluding carboxylic acids is 1. The van der Waals surface area contributed by atoms with Crippen molar-refractivity contribution in [1.29, 1.82) is 0 Å². The maximum Gasteiger partial charge on any atom is 0.281 e. The summed E-state index contributed by atoms with van der Waals surface area (Å²) in [6.45, 7) is 1.15. The van der Waals surface area contributed by atoms with Crippen LogP contribution >= 0.6 is 11.8 Å². The van der Waals surface area contributed by atoms with Gasteiger partial charge in [-0.15, -0.1) is 11.8 Å². The van der Waals surface area contributed by atoms with E-state index in [1.54, 1.807) is 11.8 Å². The minimum absolute atomic E-state index is 0.438. The van der Waals surface area contributed by atoms with Crippen LogP contribution in [0.1, 0.15) is 22.5 Å². The molecule has 0 saturated carbocycles. The Labute approximate surface area is 197 Å². The largest absolute Gasteiger partial charge is 0.493 e. The van der Waals surface area contributed by atoms with E-state index >= 15 is 0 Å². The van der Waals surface area contributed by atoms with E-state index in [1.807, 2.05) is 53.1 Å². The molecule has 1 aliphatic heterocycles. The van der Waals surface area contributed by atoms with E-state index < -0.39 is 15.9 Å². The Hall–Kier alpha value is -2.97. The molecule has 0 unspecified atom stereocenters. The van der Waals surface area contributed by atoms with Crippen LogP contribution in [0.25, 0.3) is 21.7 Å². The number of nitrogens with one attached hydrogen (secondary N) is 1. The van der Waals surface area contributed by atoms with E-state index in [0.717, 1.165) is 49.9 Å². The van der Waals surface area contributed by atoms with Crippen molar-refractivity contribution in [3.63, 3.8) is 0 Å². The summed E-state index contributed by atoms with van der Waals surface area (Å²) in [5.74, 6) is 1.10. The summed E-state index contributed by atoms with van der Waals surface area (Å²) in [7, 11) is -3.67. The Kier molecular flexibility index (Phi) is 5.80. The van der Waals surface area contributed by atoms with Gasteiger partial charge in [0, 0.05) is 28.0 Å². The third-order valence-corrected chi connectivity index (χ3v) is 7.38. The van der Waals surface area contributed by atoms with Crippen LogP contribution in [0, 0.1) is 0 Å². The first-order chi connectivity index (χ1) is 15.9. The molecule has 5 rings (SSSR count). The van der Waals surface area contributed by atoms with E-state index in [-0.39, 0.29) is 0 Å². The Morgan fingerprint density at radius 1 is 1.06 bits per heavy atom. The highest BCUT2D eigenvalue weighted by Gasteiger charge is 2.27. The second-order valence-electron chi connectivity index (χ2n) is 8.11. The highest BCUT2D eigenvalue weighted by atomic mass is 32.2. The van der Waals surface area contributed by atoms with Crippen LogP contribution in [0.3, 0.4) is 0 Å². The highest BCUT2D eigenvalue weighted by molar-refractivity contribution is 7.99. The number of benzene rings is 3. The molecule has 8 heteroatoms. The number of ether oxygens (including phenoxy) is 1. The molecular weight excluding hydrogens is 456 g/mol. The third-order valence-electron chi connectivity index (χ3n) is 5.79. The number of nitrogens with zero attached hydrogens (tertiary/aromatic N) is 1. The van der Waals surface area contributed by atoms with Gasteiger partial charge in [0.15, 0.2) is 0 Å². The van der Waals surface area contributed by atoms with Crippen molar-refractivity contribution in [1.82, 2.24) is 9.29 Å². The molecule has 170 valence electrons. The first-order valence-electron chi connectivity index (χ1n) is 10.8. The lowest BCUT2D eigenvalue weighted by Crippen LogP contribution is -2.32. The van der Waals surface area contributed by atoms with Gasteiger partial charge in [0.25, 0.3) is 5.91 Å². The molecule has 0 radical (unpaired) electrons. The number of para-hydroxylation sites is 1. The number of sulfonamides is 1. The molecule has 0 fully saturated rings. The summed E-state index contributed by atoms with van der Waals surface area (Å²) in [5.41, 5.74) is 2.32. The van der Waals surface area contributed by atoms with Crippen LogP contribution in [0.15, 0.2) is 65.6 Å². The minimum atomic E-state index is -3.67. The Morgan fingerprint density at radius 3 is 2.67 bits per heavy atom. The zero-order chi connectivity index (χ0) is 23.0. The Morgan fingerprint density at radius 2 is 1.82 bits per heavy atom. The topological polar surface area (TPSA) is 77.4 Å². The predicted octanol–water partition coefficient (Wildman–Crippen LogP) is 4.60. The van der Waals surface area contributed by atoms with Crippen molar-refractivity contribution in [2.24, 2.45) is 0 Å². The molecule has 6 nitrogen and oxygen atoms in total. The Balaban J connectivity index is 1.43. The monoisotopic (exact) mass is 480 g/mol. The molecule has 0 bridgehead atoms. The molecule has 0 saturated heterocycles. The normalized spacial score (nSPS) is 13.4. The van der Waals surface area contributed by atoms with Crippen molar-refractivity contribution < 1.29 is 17.9 Å². The molecule has 33 heavy (non-hydrogen) atoms. The molecule has 1 N–H and O–H groups in total. The van der Waals surface area contributed by atoms with Gasteiger partial charge >= 0.3 is 0 Å². The van der Waals surface area contributed by atoms with Gasteiger partial charge in [-0.3, -0.25) is 4.79 Å². The van der Waals surface area contributed by atoms with E-state index in [9.17, 15) is 13.2 Å². The molecule has 4 aromatic rings. The SMILES string of the molecule is CS(=O)(=O)NC(=O)c1c(CCCOc2cccc3ccccc23)c2cccc3c2n1CCS3. The highest BCUT2D eigenvalue weighted by Crippen LogP contribution is 2.38. The van der Waals surface area contributed by atoms with Crippen LogP contribution in [-0.4, -0.2) is 37.5 Å². The van der Waals surface area contributed by atoms with Gasteiger partial charge in [0.1, 0.15) is 11.4 Å². The summed E-state index contributed by atoms with van der Waals surface area (Å²) in [6, 6.07) is 20.2. The van der Waals surface area contributed by atoms with Crippen LogP contribution in [0.4, 0.5) is 0 Å². The fraction of sp³-hybridized carbons (Fsp3) is 0.240. The molecule has 1 aliphatic rings. The number of hydrogen-bond acceptors (Lipinski definition) is 5. The van der Waals surface area contributed by atoms with E-state index in [1.165, 1.54) is 0 Å². The van der Waals surface area contributed by atoms with Crippen molar-refractivity contribution in [2.45, 2.75) is 24.3 Å². The first kappa shape index (κ1) is 21.9. The maximum atomic E-state index is 13.0. The number of thioether (sulfide) groups is 1. The van der Waals surface area contributed by atoms with Gasteiger partial charge < -0.3 is 9.30 Å². The van der Waals surface area contributed by atoms with Crippen LogP contribution < -0.4 is 9.46 Å². The van der Waals surface area contributed by atoms with E-state index in [2.05, 4.69) is 16.9 Å². The molecular formula is C25H24N2O4S2. The number of fused-ring (bicyclic) bond motifs is 1. The quantitative estimate of drug-likeness (QED) is 0.391. The summed E-state index contributed by atoms with van der Waals surface area (Å²) in [4.78, 5) is 14.1. The van der Waals surface area contributed by atoms with Crippen molar-refractivity contribution >= 4 is 49.4 Å². The number of aryl methyl sites for hydroxylation is 2. The summed E-state index contributed by atoms with van der Waals surface area (Å²) in [6.07, 6.45) is 2.30. The maximum absolute atomic E-state index is 13.0. The number of carbonyl (C=O) groups is 1. The van der Waals surface area contributed by atoms with E-state index in [4.69, 9.17) is 4.74 Å². The lowest BCUT2D eigenvalue weighted by molar-refractivity contribution is 0.0972. The predicted molar refractivity (Wildman–Crippen MR) is 133 cm³/mol. The molecule has 1 aromatic heterocycles. The van der Waals surface area contributed by atoms with Crippen LogP contribution in [0.5, 0.6) is 5.75 Å². The zero-order valence-corrected chi connectivity index (χ0v) is 19.8. The van der Waals surface area contributed by atoms with Crippen molar-refractivity contribution in [2.75, 3.05) is 18.6 Å². The van der Waals surface area contributed by atoms with Crippen LogP contribution in [0.2, 0.25) is 0 Å². The fourth-order valence-corrected chi connectivity index (χ4v) is 5.97. The number of rotatable bonds is 7. The second-order valence-corrected chi connectivity index (χ2v) is 11.0. The van der Waals surface area contributed by atoms with Crippen LogP contribution in [-0.2, 0) is 23.0 Å². The van der Waals surface area contributed by atoms with E-state index in [0.29, 0.717) is 31.7 Å². The third kappa shape index (κ3) is 4.32. The summed E-state index contributed by atoms with van der Waals surface area (Å²) >= 11 is 1.76. The summed E-state index contributed by atoms with van der Waals surface area (Å²) < 4.78 is 33.8. The first-order valence-corrected chi connectivity index (χ1v) is 13.7. The molecule has 0 aliphatic carbocycles. The minimum Gasteiger partial charge on any atom is -0.493 e. The van der Waals surface area contributed by atoms with Crippen molar-refractivity contribution in [3.05, 3.63) is 71.9 Å². The fourth-order valence-electron chi connectivity index (χ4n) is 4.52. The molecule has 0 atom stereocenters. The molecule has 2 heterocycles. The van der Waals surface area contributed by atoms with Crippen molar-refractivity contribution in [3.8, 4) is 5.75 Å². The molecule has 3 aromatic carbocycles. The zero-order valence-electron chi connectivity index (χ0n) is 18.2. The standard InChI is InChI=1S/C25H24N2O4S2/c1-33(29,30)26-25(28)24-20(19-10-5-13-22-23(19)27(24)14-16-32-22)11-6-15-31-21-12-4-8-17-7-2-3-9-18(17)21/h2-5,7-10,12-13H,6,11,14-16H2,1H3,(H,26,28). The lowest BCUT2D eigenvalue weighted by atomic mass is 10.1. The van der Waals surface area contributed by atoms with Gasteiger partial charge in [-0.1, -0.05) is 48.5 Å². The van der Waals surface area contributed by atoms with Gasteiger partial charge in [-0.25, -0.2) is 13.1 Å². The van der Waals surface area contributed by atoms with Gasteiger partial charge in [-0.2, -0.15) is 0 Å². The van der Waals surface area contributed by atoms with Gasteiger partial charge in [0.05, 0.1) is 18.4 Å². The Bertz CT molecular complexity index is 1470. The smallest absolute Gasteiger partial charge is 0.281 e. The summed E-state index contributed by atoms with van der Waals surface area (Å²) in [5, 5.41) is 3.20. The van der Waals surface area contributed by atoms with Gasteiger partial charge in [-0.05, 0) is 35.9 Å². The number of hydrogen-bond donors (Lipinski definition) is 1. The average Bonchev–Trinajstić information content (AvgIpc) is 3.11. The number of aromatic nitrogens is 1. The average molecular weight is 481 g/mol. The molecule has 1 amide bonds. The van der Waals surface area contributed by atoms with Gasteiger partial charge in [0.2, 0.25) is 10.0 Å². The lowest BCUT2D eigenvalue weighted by Gasteiger charge is -2.17. The number of amides is 1. The second kappa shape index (κ2) is 8.76. The molecule has 0 spiro atoms.